The molecular formula is C10H14N2O4. The fraction of sp³-hybridized carbons (Fsp3) is 0.500. The molecule has 0 fully saturated rings. The molecule has 2 N–H and O–H groups in total. The molecule has 1 heterocycles. The first-order chi connectivity index (χ1) is 7.49. The van der Waals surface area contributed by atoms with Gasteiger partial charge in [0.25, 0.3) is 0 Å². The summed E-state index contributed by atoms with van der Waals surface area (Å²) in [4.78, 5) is 25.8. The lowest BCUT2D eigenvalue weighted by atomic mass is 10.2. The minimum atomic E-state index is -0.938. The summed E-state index contributed by atoms with van der Waals surface area (Å²) >= 11 is 0. The summed E-state index contributed by atoms with van der Waals surface area (Å²) in [7, 11) is 0. The number of hydrogen-bond acceptors (Lipinski definition) is 4. The summed E-state index contributed by atoms with van der Waals surface area (Å²) < 4.78 is 5.00. The van der Waals surface area contributed by atoms with Crippen molar-refractivity contribution in [2.24, 2.45) is 5.92 Å². The first-order valence-electron chi connectivity index (χ1n) is 4.89. The van der Waals surface area contributed by atoms with E-state index in [-0.39, 0.29) is 18.9 Å². The van der Waals surface area contributed by atoms with Gasteiger partial charge in [0.15, 0.2) is 0 Å². The third-order valence-electron chi connectivity index (χ3n) is 2.01. The fourth-order valence-corrected chi connectivity index (χ4v) is 1.04. The Kier molecular flexibility index (Phi) is 4.04. The van der Waals surface area contributed by atoms with Gasteiger partial charge in [0.05, 0.1) is 11.6 Å². The highest BCUT2D eigenvalue weighted by molar-refractivity contribution is 5.78. The third kappa shape index (κ3) is 3.72. The maximum Gasteiger partial charge on any atom is 0.308 e. The summed E-state index contributed by atoms with van der Waals surface area (Å²) in [5.41, 5.74) is 0.710. The van der Waals surface area contributed by atoms with Gasteiger partial charge in [-0.25, -0.2) is 4.98 Å². The highest BCUT2D eigenvalue weighted by atomic mass is 16.4. The number of oxazole rings is 1. The maximum atomic E-state index is 11.3. The van der Waals surface area contributed by atoms with Crippen molar-refractivity contribution in [1.82, 2.24) is 10.3 Å². The normalized spacial score (nSPS) is 12.1. The molecule has 6 nitrogen and oxygen atoms in total. The molecule has 1 amide bonds. The van der Waals surface area contributed by atoms with E-state index < -0.39 is 11.9 Å². The summed E-state index contributed by atoms with van der Waals surface area (Å²) in [5.74, 6) is -1.50. The molecule has 0 aromatic carbocycles. The zero-order chi connectivity index (χ0) is 12.1. The SMILES string of the molecule is Cc1coc(CC(=O)NCC(C)C(=O)O)n1. The number of aromatic nitrogens is 1. The van der Waals surface area contributed by atoms with Crippen LogP contribution >= 0.6 is 0 Å². The second-order valence-corrected chi connectivity index (χ2v) is 3.60. The molecule has 1 aromatic rings. The Hall–Kier alpha value is -1.85. The number of aryl methyl sites for hydroxylation is 1. The van der Waals surface area contributed by atoms with E-state index in [1.807, 2.05) is 0 Å². The molecule has 0 spiro atoms. The number of carbonyl (C=O) groups is 2. The highest BCUT2D eigenvalue weighted by Crippen LogP contribution is 2.01. The van der Waals surface area contributed by atoms with Crippen molar-refractivity contribution in [2.75, 3.05) is 6.54 Å². The van der Waals surface area contributed by atoms with Crippen molar-refractivity contribution < 1.29 is 19.1 Å². The van der Waals surface area contributed by atoms with Crippen molar-refractivity contribution in [2.45, 2.75) is 20.3 Å². The van der Waals surface area contributed by atoms with Gasteiger partial charge in [-0.05, 0) is 6.92 Å². The predicted octanol–water partition coefficient (Wildman–Crippen LogP) is 0.362. The Labute approximate surface area is 92.7 Å². The summed E-state index contributed by atoms with van der Waals surface area (Å²) in [6.07, 6.45) is 1.49. The lowest BCUT2D eigenvalue weighted by Gasteiger charge is -2.06. The number of aliphatic carboxylic acids is 1. The molecular weight excluding hydrogens is 212 g/mol. The molecule has 0 saturated carbocycles. The van der Waals surface area contributed by atoms with Gasteiger partial charge in [-0.2, -0.15) is 0 Å². The van der Waals surface area contributed by atoms with Crippen molar-refractivity contribution in [3.63, 3.8) is 0 Å². The number of carboxylic acids is 1. The van der Waals surface area contributed by atoms with Crippen molar-refractivity contribution in [1.29, 1.82) is 0 Å². The molecule has 1 rings (SSSR count). The topological polar surface area (TPSA) is 92.4 Å². The van der Waals surface area contributed by atoms with Gasteiger partial charge in [0.2, 0.25) is 11.8 Å². The standard InChI is InChI=1S/C10H14N2O4/c1-6(10(14)15)4-11-8(13)3-9-12-7(2)5-16-9/h5-6H,3-4H2,1-2H3,(H,11,13)(H,14,15). The Morgan fingerprint density at radius 3 is 2.81 bits per heavy atom. The quantitative estimate of drug-likeness (QED) is 0.756. The van der Waals surface area contributed by atoms with E-state index in [9.17, 15) is 9.59 Å². The lowest BCUT2D eigenvalue weighted by Crippen LogP contribution is -2.32. The molecule has 6 heteroatoms. The summed E-state index contributed by atoms with van der Waals surface area (Å²) in [5, 5.41) is 11.1. The molecule has 1 atom stereocenters. The zero-order valence-corrected chi connectivity index (χ0v) is 9.19. The highest BCUT2D eigenvalue weighted by Gasteiger charge is 2.13. The summed E-state index contributed by atoms with van der Waals surface area (Å²) in [6.45, 7) is 3.39. The first-order valence-corrected chi connectivity index (χ1v) is 4.89. The van der Waals surface area contributed by atoms with Gasteiger partial charge in [-0.1, -0.05) is 6.92 Å². The molecule has 1 unspecified atom stereocenters. The number of nitrogens with zero attached hydrogens (tertiary/aromatic N) is 1. The zero-order valence-electron chi connectivity index (χ0n) is 9.19. The Morgan fingerprint density at radius 2 is 2.31 bits per heavy atom. The first kappa shape index (κ1) is 12.2. The van der Waals surface area contributed by atoms with Crippen LogP contribution in [0.1, 0.15) is 18.5 Å². The molecule has 0 aliphatic rings. The van der Waals surface area contributed by atoms with E-state index in [2.05, 4.69) is 10.3 Å². The number of hydrogen-bond donors (Lipinski definition) is 2. The van der Waals surface area contributed by atoms with Crippen LogP contribution in [-0.2, 0) is 16.0 Å². The van der Waals surface area contributed by atoms with Crippen molar-refractivity contribution in [3.05, 3.63) is 17.8 Å². The molecule has 0 bridgehead atoms. The van der Waals surface area contributed by atoms with Gasteiger partial charge < -0.3 is 14.8 Å². The van der Waals surface area contributed by atoms with Crippen LogP contribution in [0.25, 0.3) is 0 Å². The van der Waals surface area contributed by atoms with E-state index in [1.165, 1.54) is 13.2 Å². The van der Waals surface area contributed by atoms with Gasteiger partial charge in [0, 0.05) is 6.54 Å². The van der Waals surface area contributed by atoms with E-state index >= 15 is 0 Å². The smallest absolute Gasteiger partial charge is 0.308 e. The Morgan fingerprint density at radius 1 is 1.62 bits per heavy atom. The molecule has 16 heavy (non-hydrogen) atoms. The second kappa shape index (κ2) is 5.29. The average Bonchev–Trinajstić information content (AvgIpc) is 2.60. The predicted molar refractivity (Wildman–Crippen MR) is 54.8 cm³/mol. The number of carboxylic acid groups (broad SMARTS) is 1. The molecule has 0 aliphatic carbocycles. The number of nitrogens with one attached hydrogen (secondary N) is 1. The van der Waals surface area contributed by atoms with Gasteiger partial charge in [-0.15, -0.1) is 0 Å². The van der Waals surface area contributed by atoms with Crippen molar-refractivity contribution in [3.8, 4) is 0 Å². The molecule has 0 aliphatic heterocycles. The lowest BCUT2D eigenvalue weighted by molar-refractivity contribution is -0.141. The number of carbonyl (C=O) groups excluding carboxylic acids is 1. The van der Waals surface area contributed by atoms with Gasteiger partial charge in [-0.3, -0.25) is 9.59 Å². The van der Waals surface area contributed by atoms with Crippen LogP contribution in [0.2, 0.25) is 0 Å². The fourth-order valence-electron chi connectivity index (χ4n) is 1.04. The second-order valence-electron chi connectivity index (χ2n) is 3.60. The Bertz CT molecular complexity index is 386. The maximum absolute atomic E-state index is 11.3. The third-order valence-corrected chi connectivity index (χ3v) is 2.01. The van der Waals surface area contributed by atoms with Crippen LogP contribution in [-0.4, -0.2) is 28.5 Å². The van der Waals surface area contributed by atoms with Crippen LogP contribution in [0.5, 0.6) is 0 Å². The van der Waals surface area contributed by atoms with Gasteiger partial charge in [0.1, 0.15) is 12.7 Å². The molecule has 88 valence electrons. The van der Waals surface area contributed by atoms with Crippen LogP contribution in [0, 0.1) is 12.8 Å². The minimum absolute atomic E-state index is 0.0280. The van der Waals surface area contributed by atoms with Crippen LogP contribution in [0.3, 0.4) is 0 Å². The van der Waals surface area contributed by atoms with Crippen molar-refractivity contribution >= 4 is 11.9 Å². The average molecular weight is 226 g/mol. The summed E-state index contributed by atoms with van der Waals surface area (Å²) in [6, 6.07) is 0. The van der Waals surface area contributed by atoms with Crippen LogP contribution in [0.15, 0.2) is 10.7 Å². The van der Waals surface area contributed by atoms with Crippen LogP contribution < -0.4 is 5.32 Å². The van der Waals surface area contributed by atoms with E-state index in [0.717, 1.165) is 0 Å². The molecule has 0 saturated heterocycles. The molecule has 0 radical (unpaired) electrons. The van der Waals surface area contributed by atoms with E-state index in [0.29, 0.717) is 11.6 Å². The monoisotopic (exact) mass is 226 g/mol. The van der Waals surface area contributed by atoms with Crippen LogP contribution in [0.4, 0.5) is 0 Å². The van der Waals surface area contributed by atoms with E-state index in [1.54, 1.807) is 6.92 Å². The number of amides is 1. The van der Waals surface area contributed by atoms with Gasteiger partial charge >= 0.3 is 5.97 Å². The number of rotatable bonds is 5. The molecule has 1 aromatic heterocycles. The Balaban J connectivity index is 2.34. The minimum Gasteiger partial charge on any atom is -0.481 e. The van der Waals surface area contributed by atoms with E-state index in [4.69, 9.17) is 9.52 Å². The largest absolute Gasteiger partial charge is 0.481 e.